The van der Waals surface area contributed by atoms with Gasteiger partial charge in [0.15, 0.2) is 5.82 Å². The van der Waals surface area contributed by atoms with Crippen molar-refractivity contribution in [1.82, 2.24) is 14.7 Å². The highest BCUT2D eigenvalue weighted by Gasteiger charge is 2.18. The van der Waals surface area contributed by atoms with Crippen LogP contribution >= 0.6 is 0 Å². The molecule has 4 aromatic rings. The Balaban J connectivity index is 1.50. The second-order valence-corrected chi connectivity index (χ2v) is 6.61. The van der Waals surface area contributed by atoms with Crippen molar-refractivity contribution in [2.24, 2.45) is 0 Å². The number of imidazole rings is 1. The van der Waals surface area contributed by atoms with Gasteiger partial charge in [0.2, 0.25) is 5.91 Å². The van der Waals surface area contributed by atoms with Crippen molar-refractivity contribution >= 4 is 34.4 Å². The van der Waals surface area contributed by atoms with Crippen molar-refractivity contribution < 1.29 is 28.9 Å². The fourth-order valence-corrected chi connectivity index (χ4v) is 2.92. The van der Waals surface area contributed by atoms with Crippen molar-refractivity contribution in [2.45, 2.75) is 0 Å². The minimum absolute atomic E-state index is 0.0568. The number of pyridine rings is 1. The molecule has 32 heavy (non-hydrogen) atoms. The van der Waals surface area contributed by atoms with Gasteiger partial charge in [0.1, 0.15) is 22.8 Å². The SMILES string of the molecule is O=C(/C=C/c1ccc(F)cc1F)Nc1ccc(-c2nc3ccc([N+](=O)O)cc3n2O)nc1. The molecule has 160 valence electrons. The lowest BCUT2D eigenvalue weighted by atomic mass is 10.2. The number of hydrogen-bond donors (Lipinski definition) is 3. The second-order valence-electron chi connectivity index (χ2n) is 6.61. The van der Waals surface area contributed by atoms with E-state index in [1.165, 1.54) is 48.7 Å². The first kappa shape index (κ1) is 20.6. The molecule has 0 saturated carbocycles. The molecule has 0 spiro atoms. The van der Waals surface area contributed by atoms with Crippen LogP contribution in [0.2, 0.25) is 0 Å². The fraction of sp³-hybridized carbons (Fsp3) is 0. The van der Waals surface area contributed by atoms with Crippen LogP contribution in [0.25, 0.3) is 28.6 Å². The number of benzene rings is 2. The average molecular weight is 438 g/mol. The summed E-state index contributed by atoms with van der Waals surface area (Å²) in [6.07, 6.45) is 3.64. The largest absolute Gasteiger partial charge is 0.426 e. The highest BCUT2D eigenvalue weighted by molar-refractivity contribution is 6.01. The van der Waals surface area contributed by atoms with Crippen molar-refractivity contribution in [3.05, 3.63) is 82.9 Å². The summed E-state index contributed by atoms with van der Waals surface area (Å²) in [4.78, 5) is 31.1. The number of rotatable bonds is 5. The van der Waals surface area contributed by atoms with Crippen LogP contribution in [-0.4, -0.2) is 35.9 Å². The normalized spacial score (nSPS) is 11.2. The summed E-state index contributed by atoms with van der Waals surface area (Å²) in [5.41, 5.74) is 1.12. The van der Waals surface area contributed by atoms with Gasteiger partial charge >= 0.3 is 5.69 Å². The molecule has 0 fully saturated rings. The van der Waals surface area contributed by atoms with Gasteiger partial charge in [-0.15, -0.1) is 0 Å². The van der Waals surface area contributed by atoms with E-state index in [4.69, 9.17) is 5.21 Å². The predicted octanol–water partition coefficient (Wildman–Crippen LogP) is 4.07. The van der Waals surface area contributed by atoms with E-state index in [9.17, 15) is 23.7 Å². The first-order chi connectivity index (χ1) is 15.3. The van der Waals surface area contributed by atoms with Gasteiger partial charge in [0, 0.05) is 29.8 Å². The topological polar surface area (TPSA) is 120 Å². The molecule has 2 aromatic carbocycles. The molecule has 0 radical (unpaired) electrons. The highest BCUT2D eigenvalue weighted by Crippen LogP contribution is 2.25. The van der Waals surface area contributed by atoms with E-state index in [-0.39, 0.29) is 33.2 Å². The molecule has 9 nitrogen and oxygen atoms in total. The van der Waals surface area contributed by atoms with E-state index < -0.39 is 17.5 Å². The predicted molar refractivity (Wildman–Crippen MR) is 109 cm³/mol. The van der Waals surface area contributed by atoms with Crippen molar-refractivity contribution in [3.8, 4) is 11.5 Å². The molecule has 0 unspecified atom stereocenters. The smallest absolute Gasteiger partial charge is 0.318 e. The third-order valence-corrected chi connectivity index (χ3v) is 4.47. The first-order valence-electron chi connectivity index (χ1n) is 9.10. The molecule has 11 heteroatoms. The van der Waals surface area contributed by atoms with Crippen molar-refractivity contribution in [2.75, 3.05) is 5.32 Å². The molecular weight excluding hydrogens is 424 g/mol. The van der Waals surface area contributed by atoms with E-state index in [1.54, 1.807) is 0 Å². The van der Waals surface area contributed by atoms with Gasteiger partial charge in [-0.1, -0.05) is 0 Å². The van der Waals surface area contributed by atoms with Crippen LogP contribution in [0.3, 0.4) is 0 Å². The van der Waals surface area contributed by atoms with Crippen LogP contribution in [0.4, 0.5) is 20.2 Å². The molecule has 2 aromatic heterocycles. The maximum Gasteiger partial charge on any atom is 0.318 e. The molecule has 0 aliphatic rings. The Labute approximate surface area is 178 Å². The van der Waals surface area contributed by atoms with Gasteiger partial charge in [0.05, 0.1) is 22.3 Å². The van der Waals surface area contributed by atoms with E-state index in [1.807, 2.05) is 0 Å². The molecule has 0 aliphatic carbocycles. The number of amides is 1. The standard InChI is InChI=1S/C21H13F2N5O4/c22-13-3-1-12(16(23)9-13)2-8-20(29)25-14-4-6-18(24-11-14)21-26-17-7-5-15(28(31)32)10-19(17)27(21)30/h1-11,30H,(H-,25,26,29,31,32)/p+1/b8-2+. The number of nitrogens with zero attached hydrogens (tertiary/aromatic N) is 4. The summed E-state index contributed by atoms with van der Waals surface area (Å²) in [6, 6.07) is 10.1. The summed E-state index contributed by atoms with van der Waals surface area (Å²) in [5.74, 6) is -1.98. The Bertz CT molecular complexity index is 1380. The van der Waals surface area contributed by atoms with Gasteiger partial charge in [-0.25, -0.2) is 19.0 Å². The second kappa shape index (κ2) is 8.22. The van der Waals surface area contributed by atoms with Crippen LogP contribution < -0.4 is 5.32 Å². The third kappa shape index (κ3) is 4.12. The van der Waals surface area contributed by atoms with E-state index in [0.717, 1.165) is 22.9 Å². The van der Waals surface area contributed by atoms with Gasteiger partial charge in [0.25, 0.3) is 4.92 Å². The van der Waals surface area contributed by atoms with E-state index in [0.29, 0.717) is 11.2 Å². The number of aromatic nitrogens is 3. The summed E-state index contributed by atoms with van der Waals surface area (Å²) >= 11 is 0. The lowest BCUT2D eigenvalue weighted by Gasteiger charge is -2.04. The number of fused-ring (bicyclic) bond motifs is 1. The van der Waals surface area contributed by atoms with Gasteiger partial charge in [-0.3, -0.25) is 9.78 Å². The molecular formula is C21H14F2N5O4+. The number of hydrogen-bond acceptors (Lipinski definition) is 5. The molecule has 4 rings (SSSR count). The molecule has 0 bridgehead atoms. The maximum atomic E-state index is 13.6. The average Bonchev–Trinajstić information content (AvgIpc) is 3.09. The third-order valence-electron chi connectivity index (χ3n) is 4.47. The monoisotopic (exact) mass is 438 g/mol. The zero-order chi connectivity index (χ0) is 22.8. The summed E-state index contributed by atoms with van der Waals surface area (Å²) < 4.78 is 27.3. The molecule has 0 saturated heterocycles. The highest BCUT2D eigenvalue weighted by atomic mass is 19.1. The number of carbonyl (C=O) groups excluding carboxylic acids is 1. The molecule has 0 atom stereocenters. The van der Waals surface area contributed by atoms with E-state index in [2.05, 4.69) is 15.3 Å². The first-order valence-corrected chi connectivity index (χ1v) is 9.10. The molecule has 1 amide bonds. The van der Waals surface area contributed by atoms with Crippen LogP contribution in [-0.2, 0) is 4.79 Å². The number of nitrogens with one attached hydrogen (secondary N) is 1. The van der Waals surface area contributed by atoms with Crippen LogP contribution in [0, 0.1) is 16.5 Å². The lowest BCUT2D eigenvalue weighted by molar-refractivity contribution is -0.729. The van der Waals surface area contributed by atoms with Gasteiger partial charge in [-0.05, 0) is 36.4 Å². The number of halogens is 2. The quantitative estimate of drug-likeness (QED) is 0.246. The summed E-state index contributed by atoms with van der Waals surface area (Å²) in [5, 5.41) is 21.9. The number of anilines is 1. The van der Waals surface area contributed by atoms with Crippen molar-refractivity contribution in [3.63, 3.8) is 0 Å². The zero-order valence-corrected chi connectivity index (χ0v) is 16.1. The Hall–Kier alpha value is -4.67. The van der Waals surface area contributed by atoms with Gasteiger partial charge in [-0.2, -0.15) is 4.73 Å². The molecule has 0 aliphatic heterocycles. The van der Waals surface area contributed by atoms with Crippen molar-refractivity contribution in [1.29, 1.82) is 0 Å². The minimum Gasteiger partial charge on any atom is -0.426 e. The molecule has 3 N–H and O–H groups in total. The Morgan fingerprint density at radius 2 is 1.94 bits per heavy atom. The Morgan fingerprint density at radius 3 is 2.62 bits per heavy atom. The summed E-state index contributed by atoms with van der Waals surface area (Å²) in [7, 11) is 0. The lowest BCUT2D eigenvalue weighted by Crippen LogP contribution is -2.08. The van der Waals surface area contributed by atoms with Crippen LogP contribution in [0.5, 0.6) is 0 Å². The Kier molecular flexibility index (Phi) is 5.29. The molecule has 2 heterocycles. The van der Waals surface area contributed by atoms with Crippen LogP contribution in [0.1, 0.15) is 5.56 Å². The fourth-order valence-electron chi connectivity index (χ4n) is 2.92. The minimum atomic E-state index is -0.791. The maximum absolute atomic E-state index is 13.6. The summed E-state index contributed by atoms with van der Waals surface area (Å²) in [6.45, 7) is 0. The van der Waals surface area contributed by atoms with Gasteiger partial charge < -0.3 is 10.5 Å². The van der Waals surface area contributed by atoms with E-state index >= 15 is 0 Å². The Morgan fingerprint density at radius 1 is 1.12 bits per heavy atom. The zero-order valence-electron chi connectivity index (χ0n) is 16.1. The number of carbonyl (C=O) groups is 1. The van der Waals surface area contributed by atoms with Crippen LogP contribution in [0.15, 0.2) is 60.8 Å².